The second-order valence-electron chi connectivity index (χ2n) is 9.26. The second kappa shape index (κ2) is 5.29. The summed E-state index contributed by atoms with van der Waals surface area (Å²) in [5, 5.41) is 19.0. The highest BCUT2D eigenvalue weighted by Gasteiger charge is 2.57. The zero-order chi connectivity index (χ0) is 17.2. The summed E-state index contributed by atoms with van der Waals surface area (Å²) >= 11 is 0. The Morgan fingerprint density at radius 2 is 1.76 bits per heavy atom. The predicted octanol–water partition coefficient (Wildman–Crippen LogP) is 4.05. The average Bonchev–Trinajstić information content (AvgIpc) is 3.22. The lowest BCUT2D eigenvalue weighted by molar-refractivity contribution is -0.0253. The summed E-state index contributed by atoms with van der Waals surface area (Å²) in [5.41, 5.74) is 3.39. The molecular formula is C21H29N3O. The average molecular weight is 339 g/mol. The van der Waals surface area contributed by atoms with E-state index in [0.29, 0.717) is 11.3 Å². The van der Waals surface area contributed by atoms with E-state index in [1.807, 2.05) is 4.80 Å². The molecule has 0 amide bonds. The van der Waals surface area contributed by atoms with Crippen LogP contribution in [0.15, 0.2) is 30.1 Å². The zero-order valence-corrected chi connectivity index (χ0v) is 15.4. The van der Waals surface area contributed by atoms with Gasteiger partial charge in [-0.15, -0.1) is 0 Å². The summed E-state index contributed by atoms with van der Waals surface area (Å²) in [6.45, 7) is 4.94. The highest BCUT2D eigenvalue weighted by atomic mass is 16.3. The van der Waals surface area contributed by atoms with E-state index in [2.05, 4.69) is 36.2 Å². The zero-order valence-electron chi connectivity index (χ0n) is 15.4. The van der Waals surface area contributed by atoms with Crippen molar-refractivity contribution < 1.29 is 5.11 Å². The molecular weight excluding hydrogens is 310 g/mol. The van der Waals surface area contributed by atoms with Gasteiger partial charge >= 0.3 is 0 Å². The van der Waals surface area contributed by atoms with Crippen LogP contribution in [0.4, 0.5) is 0 Å². The van der Waals surface area contributed by atoms with Crippen LogP contribution in [0.25, 0.3) is 5.70 Å². The van der Waals surface area contributed by atoms with Crippen molar-refractivity contribution in [2.45, 2.75) is 64.9 Å². The number of aromatic nitrogens is 3. The van der Waals surface area contributed by atoms with E-state index in [9.17, 15) is 5.11 Å². The van der Waals surface area contributed by atoms with E-state index in [1.54, 1.807) is 18.0 Å². The maximum Gasteiger partial charge on any atom is 0.0697 e. The van der Waals surface area contributed by atoms with Crippen LogP contribution in [0, 0.1) is 28.6 Å². The van der Waals surface area contributed by atoms with Crippen molar-refractivity contribution >= 4 is 5.70 Å². The first kappa shape index (κ1) is 15.8. The molecule has 4 nitrogen and oxygen atoms in total. The molecule has 2 fully saturated rings. The molecule has 0 spiro atoms. The SMILES string of the molecule is CC12CCC(O)CC1=CCC1C2CCC2(C)C(n3nccn3)=CCC12. The highest BCUT2D eigenvalue weighted by Crippen LogP contribution is 2.65. The van der Waals surface area contributed by atoms with Gasteiger partial charge in [0.25, 0.3) is 0 Å². The molecule has 6 unspecified atom stereocenters. The van der Waals surface area contributed by atoms with E-state index < -0.39 is 0 Å². The molecule has 1 N–H and O–H groups in total. The minimum atomic E-state index is -0.115. The Kier molecular flexibility index (Phi) is 3.35. The van der Waals surface area contributed by atoms with E-state index >= 15 is 0 Å². The number of aliphatic hydroxyl groups is 1. The Hall–Kier alpha value is -1.42. The van der Waals surface area contributed by atoms with Gasteiger partial charge in [0.2, 0.25) is 0 Å². The number of hydrogen-bond acceptors (Lipinski definition) is 3. The first-order valence-corrected chi connectivity index (χ1v) is 9.97. The third-order valence-electron chi connectivity index (χ3n) is 8.25. The minimum Gasteiger partial charge on any atom is -0.393 e. The Morgan fingerprint density at radius 1 is 1.00 bits per heavy atom. The maximum atomic E-state index is 10.1. The summed E-state index contributed by atoms with van der Waals surface area (Å²) < 4.78 is 0. The Balaban J connectivity index is 1.48. The smallest absolute Gasteiger partial charge is 0.0697 e. The van der Waals surface area contributed by atoms with Gasteiger partial charge in [0.05, 0.1) is 24.2 Å². The summed E-state index contributed by atoms with van der Waals surface area (Å²) in [5.74, 6) is 2.23. The van der Waals surface area contributed by atoms with Crippen LogP contribution >= 0.6 is 0 Å². The molecule has 2 saturated carbocycles. The highest BCUT2D eigenvalue weighted by molar-refractivity contribution is 5.55. The molecule has 0 bridgehead atoms. The van der Waals surface area contributed by atoms with Crippen molar-refractivity contribution in [1.29, 1.82) is 0 Å². The van der Waals surface area contributed by atoms with Gasteiger partial charge in [0, 0.05) is 5.41 Å². The summed E-state index contributed by atoms with van der Waals surface area (Å²) in [7, 11) is 0. The Morgan fingerprint density at radius 3 is 2.56 bits per heavy atom. The van der Waals surface area contributed by atoms with Crippen LogP contribution in [0.1, 0.15) is 58.8 Å². The van der Waals surface area contributed by atoms with Crippen molar-refractivity contribution in [1.82, 2.24) is 15.0 Å². The second-order valence-corrected chi connectivity index (χ2v) is 9.26. The van der Waals surface area contributed by atoms with Gasteiger partial charge in [-0.25, -0.2) is 0 Å². The Labute approximate surface area is 150 Å². The number of rotatable bonds is 1. The molecule has 1 aromatic rings. The van der Waals surface area contributed by atoms with E-state index in [-0.39, 0.29) is 11.5 Å². The molecule has 4 heteroatoms. The predicted molar refractivity (Wildman–Crippen MR) is 97.4 cm³/mol. The molecule has 0 radical (unpaired) electrons. The van der Waals surface area contributed by atoms with Gasteiger partial charge in [-0.3, -0.25) is 0 Å². The molecule has 5 rings (SSSR count). The lowest BCUT2D eigenvalue weighted by atomic mass is 9.48. The number of aliphatic hydroxyl groups excluding tert-OH is 1. The molecule has 4 aliphatic carbocycles. The molecule has 0 aliphatic heterocycles. The fourth-order valence-corrected chi connectivity index (χ4v) is 6.84. The molecule has 1 aromatic heterocycles. The van der Waals surface area contributed by atoms with Gasteiger partial charge in [-0.2, -0.15) is 15.0 Å². The molecule has 4 aliphatic rings. The first-order chi connectivity index (χ1) is 12.0. The van der Waals surface area contributed by atoms with Crippen LogP contribution < -0.4 is 0 Å². The molecule has 1 heterocycles. The third-order valence-corrected chi connectivity index (χ3v) is 8.25. The van der Waals surface area contributed by atoms with Crippen molar-refractivity contribution in [3.8, 4) is 0 Å². The van der Waals surface area contributed by atoms with Crippen LogP contribution in [0.5, 0.6) is 0 Å². The molecule has 134 valence electrons. The van der Waals surface area contributed by atoms with Gasteiger partial charge in [-0.1, -0.05) is 31.6 Å². The van der Waals surface area contributed by atoms with E-state index in [4.69, 9.17) is 0 Å². The fraction of sp³-hybridized carbons (Fsp3) is 0.714. The topological polar surface area (TPSA) is 50.9 Å². The lowest BCUT2D eigenvalue weighted by Crippen LogP contribution is -2.50. The van der Waals surface area contributed by atoms with Gasteiger partial charge in [-0.05, 0) is 68.1 Å². The van der Waals surface area contributed by atoms with Gasteiger partial charge in [0.1, 0.15) is 0 Å². The van der Waals surface area contributed by atoms with E-state index in [1.165, 1.54) is 25.0 Å². The van der Waals surface area contributed by atoms with Crippen molar-refractivity contribution in [2.24, 2.45) is 28.6 Å². The lowest BCUT2D eigenvalue weighted by Gasteiger charge is -2.57. The maximum absolute atomic E-state index is 10.1. The minimum absolute atomic E-state index is 0.115. The molecule has 0 aromatic carbocycles. The first-order valence-electron chi connectivity index (χ1n) is 9.97. The van der Waals surface area contributed by atoms with Gasteiger partial charge in [0.15, 0.2) is 0 Å². The Bertz CT molecular complexity index is 736. The summed E-state index contributed by atoms with van der Waals surface area (Å²) in [6.07, 6.45) is 16.3. The number of hydrogen-bond donors (Lipinski definition) is 1. The van der Waals surface area contributed by atoms with E-state index in [0.717, 1.165) is 37.5 Å². The number of nitrogens with zero attached hydrogens (tertiary/aromatic N) is 3. The summed E-state index contributed by atoms with van der Waals surface area (Å²) in [6, 6.07) is 0. The fourth-order valence-electron chi connectivity index (χ4n) is 6.84. The number of allylic oxidation sites excluding steroid dienone is 3. The molecule has 25 heavy (non-hydrogen) atoms. The molecule has 6 atom stereocenters. The van der Waals surface area contributed by atoms with Crippen LogP contribution in [-0.4, -0.2) is 26.2 Å². The van der Waals surface area contributed by atoms with Crippen molar-refractivity contribution in [3.63, 3.8) is 0 Å². The van der Waals surface area contributed by atoms with Crippen LogP contribution in [0.2, 0.25) is 0 Å². The largest absolute Gasteiger partial charge is 0.393 e. The summed E-state index contributed by atoms with van der Waals surface area (Å²) in [4.78, 5) is 1.86. The van der Waals surface area contributed by atoms with Crippen LogP contribution in [-0.2, 0) is 0 Å². The standard InChI is InChI=1S/C21H29N3O/c1-20-9-7-15(25)13-14(20)3-4-16-17-5-6-19(24-22-11-12-23-24)21(17,2)10-8-18(16)20/h3,6,11-12,15-18,25H,4-5,7-10,13H2,1-2H3. The number of fused-ring (bicyclic) bond motifs is 5. The normalized spacial score (nSPS) is 45.9. The van der Waals surface area contributed by atoms with Crippen molar-refractivity contribution in [2.75, 3.05) is 0 Å². The van der Waals surface area contributed by atoms with Crippen LogP contribution in [0.3, 0.4) is 0 Å². The van der Waals surface area contributed by atoms with Crippen molar-refractivity contribution in [3.05, 3.63) is 30.1 Å². The monoisotopic (exact) mass is 339 g/mol. The third kappa shape index (κ3) is 2.09. The van der Waals surface area contributed by atoms with Gasteiger partial charge < -0.3 is 5.11 Å². The molecule has 0 saturated heterocycles. The quantitative estimate of drug-likeness (QED) is 0.785.